The Morgan fingerprint density at radius 3 is 1.17 bits per heavy atom. The monoisotopic (exact) mass is 1120 g/mol. The van der Waals surface area contributed by atoms with Gasteiger partial charge in [-0.25, -0.2) is 9.97 Å². The Kier molecular flexibility index (Phi) is 11.1. The zero-order valence-electron chi connectivity index (χ0n) is 47.8. The zero-order chi connectivity index (χ0) is 57.9. The summed E-state index contributed by atoms with van der Waals surface area (Å²) in [5, 5.41) is 4.68. The summed E-state index contributed by atoms with van der Waals surface area (Å²) in [5.41, 5.74) is 25.5. The first-order valence-corrected chi connectivity index (χ1v) is 30.2. The van der Waals surface area contributed by atoms with Crippen molar-refractivity contribution in [2.45, 2.75) is 5.41 Å². The number of imidazole rings is 2. The lowest BCUT2D eigenvalue weighted by Crippen LogP contribution is -2.36. The van der Waals surface area contributed by atoms with Crippen molar-refractivity contribution >= 4 is 60.7 Å². The second-order valence-electron chi connectivity index (χ2n) is 23.2. The van der Waals surface area contributed by atoms with Gasteiger partial charge in [0.05, 0.1) is 38.9 Å². The van der Waals surface area contributed by atoms with Crippen LogP contribution in [0.1, 0.15) is 22.3 Å². The van der Waals surface area contributed by atoms with E-state index in [1.54, 1.807) is 0 Å². The lowest BCUT2D eigenvalue weighted by Gasteiger charge is -2.45. The first kappa shape index (κ1) is 49.7. The van der Waals surface area contributed by atoms with Crippen LogP contribution in [0.3, 0.4) is 0 Å². The molecule has 16 aromatic rings. The summed E-state index contributed by atoms with van der Waals surface area (Å²) in [5.74, 6) is 1.81. The number of nitrogens with zero attached hydrogens (tertiary/aromatic N) is 5. The molecule has 88 heavy (non-hydrogen) atoms. The Bertz CT molecular complexity index is 5170. The van der Waals surface area contributed by atoms with Gasteiger partial charge in [0.15, 0.2) is 0 Å². The van der Waals surface area contributed by atoms with Crippen LogP contribution in [-0.4, -0.2) is 19.1 Å². The van der Waals surface area contributed by atoms with Gasteiger partial charge in [-0.2, -0.15) is 0 Å². The van der Waals surface area contributed by atoms with Crippen LogP contribution in [-0.2, 0) is 5.41 Å². The average molecular weight is 1120 g/mol. The summed E-state index contributed by atoms with van der Waals surface area (Å²) in [4.78, 5) is 13.4. The first-order chi connectivity index (χ1) is 43.7. The van der Waals surface area contributed by atoms with E-state index in [1.807, 2.05) is 0 Å². The standard InChI is InChI=1S/C83H53N5/c1-6-24-54(25-7-1)81-84-74-51-56(45-48-78(74)87(81)60-30-12-4-13-31-60)62-35-22-37-66-68(62)53-69-63(57-46-49-79-75(52-57)85-82(55-26-8-2-9-27-55)88(79)61-32-14-5-15-33-61)36-23-38-67(69)80(66)58-44-47-65-64-34-16-17-39-70(64)83(73(65)50-58)71-40-18-20-42-76(71)86(59-28-10-3-11-29-59)77-43-21-19-41-72(77)83/h1-53H. The third-order valence-corrected chi connectivity index (χ3v) is 18.5. The van der Waals surface area contributed by atoms with Crippen molar-refractivity contribution in [3.8, 4) is 78.7 Å². The van der Waals surface area contributed by atoms with Gasteiger partial charge >= 0.3 is 0 Å². The van der Waals surface area contributed by atoms with E-state index in [9.17, 15) is 0 Å². The molecule has 0 radical (unpaired) electrons. The normalized spacial score (nSPS) is 12.8. The third-order valence-electron chi connectivity index (χ3n) is 18.5. The van der Waals surface area contributed by atoms with Gasteiger partial charge in [-0.3, -0.25) is 9.13 Å². The summed E-state index contributed by atoms with van der Waals surface area (Å²) in [6.45, 7) is 0. The van der Waals surface area contributed by atoms with Crippen LogP contribution in [0.5, 0.6) is 0 Å². The number of anilines is 3. The summed E-state index contributed by atoms with van der Waals surface area (Å²) >= 11 is 0. The van der Waals surface area contributed by atoms with Crippen LogP contribution in [0, 0.1) is 0 Å². The molecule has 0 atom stereocenters. The number of rotatable bonds is 8. The molecule has 1 aliphatic heterocycles. The fourth-order valence-electron chi connectivity index (χ4n) is 14.8. The van der Waals surface area contributed by atoms with Gasteiger partial charge in [0.2, 0.25) is 0 Å². The fourth-order valence-corrected chi connectivity index (χ4v) is 14.8. The molecule has 18 rings (SSSR count). The van der Waals surface area contributed by atoms with Crippen molar-refractivity contribution in [1.82, 2.24) is 19.1 Å². The molecule has 5 nitrogen and oxygen atoms in total. The molecule has 1 aliphatic carbocycles. The second-order valence-corrected chi connectivity index (χ2v) is 23.2. The Hall–Kier alpha value is -11.7. The lowest BCUT2D eigenvalue weighted by molar-refractivity contribution is 0.753. The minimum absolute atomic E-state index is 0.633. The number of fused-ring (bicyclic) bond motifs is 13. The van der Waals surface area contributed by atoms with E-state index in [4.69, 9.17) is 9.97 Å². The van der Waals surface area contributed by atoms with E-state index in [2.05, 4.69) is 336 Å². The van der Waals surface area contributed by atoms with Crippen LogP contribution in [0.25, 0.3) is 122 Å². The van der Waals surface area contributed by atoms with Gasteiger partial charge in [-0.1, -0.05) is 237 Å². The highest BCUT2D eigenvalue weighted by Gasteiger charge is 2.51. The van der Waals surface area contributed by atoms with Gasteiger partial charge in [0, 0.05) is 28.2 Å². The Balaban J connectivity index is 0.899. The van der Waals surface area contributed by atoms with Crippen molar-refractivity contribution in [2.24, 2.45) is 0 Å². The first-order valence-electron chi connectivity index (χ1n) is 30.2. The molecule has 5 heteroatoms. The molecule has 0 bridgehead atoms. The largest absolute Gasteiger partial charge is 0.310 e. The summed E-state index contributed by atoms with van der Waals surface area (Å²) in [7, 11) is 0. The quantitative estimate of drug-likeness (QED) is 0.142. The Labute approximate surface area is 509 Å². The van der Waals surface area contributed by atoms with Gasteiger partial charge < -0.3 is 4.90 Å². The molecule has 0 unspecified atom stereocenters. The highest BCUT2D eigenvalue weighted by molar-refractivity contribution is 6.19. The number of aromatic nitrogens is 4. The van der Waals surface area contributed by atoms with Gasteiger partial charge in [0.25, 0.3) is 0 Å². The van der Waals surface area contributed by atoms with E-state index in [0.717, 1.165) is 100 Å². The molecule has 2 aromatic heterocycles. The van der Waals surface area contributed by atoms with Gasteiger partial charge in [-0.15, -0.1) is 0 Å². The number of hydrogen-bond acceptors (Lipinski definition) is 3. The molecular weight excluding hydrogens is 1070 g/mol. The summed E-state index contributed by atoms with van der Waals surface area (Å²) in [6, 6.07) is 118. The Morgan fingerprint density at radius 1 is 0.250 bits per heavy atom. The lowest BCUT2D eigenvalue weighted by atomic mass is 9.64. The fraction of sp³-hybridized carbons (Fsp3) is 0.0120. The topological polar surface area (TPSA) is 38.9 Å². The van der Waals surface area contributed by atoms with Crippen molar-refractivity contribution in [2.75, 3.05) is 4.90 Å². The molecule has 2 aliphatic rings. The maximum Gasteiger partial charge on any atom is 0.145 e. The maximum atomic E-state index is 5.46. The van der Waals surface area contributed by atoms with Crippen molar-refractivity contribution < 1.29 is 0 Å². The second kappa shape index (κ2) is 19.7. The molecule has 0 saturated carbocycles. The molecule has 3 heterocycles. The predicted molar refractivity (Wildman–Crippen MR) is 363 cm³/mol. The minimum atomic E-state index is -0.633. The molecule has 410 valence electrons. The number of para-hydroxylation sites is 5. The average Bonchev–Trinajstić information content (AvgIpc) is 1.44. The predicted octanol–water partition coefficient (Wildman–Crippen LogP) is 21.2. The molecule has 0 amide bonds. The maximum absolute atomic E-state index is 5.46. The molecule has 0 N–H and O–H groups in total. The number of hydrogen-bond donors (Lipinski definition) is 0. The SMILES string of the molecule is c1ccc(-c2nc3cc(-c4cccc5c(-c6ccc7c(c6)C6(c8ccccc8-7)c7ccccc7N(c7ccccc7)c7ccccc76)c6cccc(-c7ccc8c(c7)nc(-c7ccccc7)n8-c7ccccc7)c6cc45)ccc3n2-c2ccccc2)cc1. The van der Waals surface area contributed by atoms with Crippen molar-refractivity contribution in [3.05, 3.63) is 344 Å². The van der Waals surface area contributed by atoms with Crippen LogP contribution in [0.2, 0.25) is 0 Å². The zero-order valence-corrected chi connectivity index (χ0v) is 47.8. The highest BCUT2D eigenvalue weighted by atomic mass is 15.2. The molecule has 1 spiro atoms. The van der Waals surface area contributed by atoms with Gasteiger partial charge in [0.1, 0.15) is 11.6 Å². The highest BCUT2D eigenvalue weighted by Crippen LogP contribution is 2.64. The van der Waals surface area contributed by atoms with Crippen LogP contribution >= 0.6 is 0 Å². The molecule has 0 fully saturated rings. The smallest absolute Gasteiger partial charge is 0.145 e. The van der Waals surface area contributed by atoms with Crippen LogP contribution < -0.4 is 4.90 Å². The van der Waals surface area contributed by atoms with E-state index in [1.165, 1.54) is 61.1 Å². The van der Waals surface area contributed by atoms with Crippen molar-refractivity contribution in [1.29, 1.82) is 0 Å². The molecule has 0 saturated heterocycles. The Morgan fingerprint density at radius 2 is 0.659 bits per heavy atom. The van der Waals surface area contributed by atoms with E-state index in [-0.39, 0.29) is 0 Å². The third kappa shape index (κ3) is 7.41. The van der Waals surface area contributed by atoms with Crippen molar-refractivity contribution in [3.63, 3.8) is 0 Å². The van der Waals surface area contributed by atoms with E-state index in [0.29, 0.717) is 0 Å². The van der Waals surface area contributed by atoms with Crippen LogP contribution in [0.4, 0.5) is 17.1 Å². The number of benzene rings is 14. The summed E-state index contributed by atoms with van der Waals surface area (Å²) < 4.78 is 4.58. The van der Waals surface area contributed by atoms with Crippen LogP contribution in [0.15, 0.2) is 322 Å². The van der Waals surface area contributed by atoms with E-state index >= 15 is 0 Å². The molecule has 14 aromatic carbocycles. The molecular formula is C83H53N5. The van der Waals surface area contributed by atoms with E-state index < -0.39 is 5.41 Å². The van der Waals surface area contributed by atoms with Gasteiger partial charge in [-0.05, 0) is 173 Å². The minimum Gasteiger partial charge on any atom is -0.310 e. The summed E-state index contributed by atoms with van der Waals surface area (Å²) in [6.07, 6.45) is 0.